The molecule has 1 aromatic heterocycles. The molecule has 25 heavy (non-hydrogen) atoms. The van der Waals surface area contributed by atoms with Gasteiger partial charge < -0.3 is 19.3 Å². The summed E-state index contributed by atoms with van der Waals surface area (Å²) in [6, 6.07) is 6.76. The van der Waals surface area contributed by atoms with Crippen LogP contribution in [-0.4, -0.2) is 34.3 Å². The second-order valence-corrected chi connectivity index (χ2v) is 6.45. The van der Waals surface area contributed by atoms with E-state index >= 15 is 0 Å². The zero-order valence-corrected chi connectivity index (χ0v) is 13.9. The summed E-state index contributed by atoms with van der Waals surface area (Å²) < 4.78 is 15.6. The minimum absolute atomic E-state index is 0.0821. The second-order valence-electron chi connectivity index (χ2n) is 6.45. The molecule has 1 N–H and O–H groups in total. The van der Waals surface area contributed by atoms with Crippen LogP contribution in [0.2, 0.25) is 0 Å². The van der Waals surface area contributed by atoms with Crippen LogP contribution in [-0.2, 0) is 17.8 Å². The second kappa shape index (κ2) is 5.51. The van der Waals surface area contributed by atoms with Gasteiger partial charge in [0.25, 0.3) is 5.91 Å². The third-order valence-electron chi connectivity index (χ3n) is 4.34. The van der Waals surface area contributed by atoms with E-state index in [2.05, 4.69) is 10.5 Å². The van der Waals surface area contributed by atoms with Gasteiger partial charge in [0.2, 0.25) is 6.79 Å². The van der Waals surface area contributed by atoms with E-state index in [4.69, 9.17) is 14.0 Å². The van der Waals surface area contributed by atoms with Crippen LogP contribution in [0.25, 0.3) is 0 Å². The molecule has 1 atom stereocenters. The molecule has 4 rings (SSSR count). The summed E-state index contributed by atoms with van der Waals surface area (Å²) in [5.41, 5.74) is 0.386. The first kappa shape index (κ1) is 15.5. The fourth-order valence-electron chi connectivity index (χ4n) is 3.12. The summed E-state index contributed by atoms with van der Waals surface area (Å²) in [5.74, 6) is 1.66. The monoisotopic (exact) mass is 343 g/mol. The molecule has 1 saturated heterocycles. The quantitative estimate of drug-likeness (QED) is 0.850. The predicted molar refractivity (Wildman–Crippen MR) is 85.0 cm³/mol. The van der Waals surface area contributed by atoms with Crippen LogP contribution in [0.15, 0.2) is 28.8 Å². The maximum atomic E-state index is 12.8. The Morgan fingerprint density at radius 3 is 2.80 bits per heavy atom. The molecule has 0 bridgehead atoms. The molecule has 0 saturated carbocycles. The van der Waals surface area contributed by atoms with Crippen molar-refractivity contribution < 1.29 is 23.6 Å². The van der Waals surface area contributed by atoms with Crippen LogP contribution in [0.1, 0.15) is 23.9 Å². The van der Waals surface area contributed by atoms with Gasteiger partial charge in [0, 0.05) is 12.5 Å². The number of ether oxygens (including phenoxy) is 2. The number of carbonyl (C=O) groups excluding carboxylic acids is 2. The lowest BCUT2D eigenvalue weighted by molar-refractivity contribution is -0.131. The Morgan fingerprint density at radius 2 is 2.04 bits per heavy atom. The summed E-state index contributed by atoms with van der Waals surface area (Å²) in [6.07, 6.45) is 0.350. The number of aromatic nitrogens is 1. The zero-order valence-electron chi connectivity index (χ0n) is 13.9. The number of amides is 3. The number of rotatable bonds is 4. The highest BCUT2D eigenvalue weighted by Crippen LogP contribution is 2.34. The van der Waals surface area contributed by atoms with Crippen molar-refractivity contribution in [2.75, 3.05) is 6.79 Å². The van der Waals surface area contributed by atoms with Crippen molar-refractivity contribution >= 4 is 11.9 Å². The number of imide groups is 1. The van der Waals surface area contributed by atoms with Crippen molar-refractivity contribution in [2.45, 2.75) is 32.4 Å². The van der Waals surface area contributed by atoms with Gasteiger partial charge in [-0.05, 0) is 31.5 Å². The molecule has 8 nitrogen and oxygen atoms in total. The molecule has 130 valence electrons. The number of benzene rings is 1. The van der Waals surface area contributed by atoms with Gasteiger partial charge in [-0.25, -0.2) is 4.79 Å². The van der Waals surface area contributed by atoms with Crippen molar-refractivity contribution in [1.29, 1.82) is 0 Å². The van der Waals surface area contributed by atoms with E-state index < -0.39 is 11.6 Å². The van der Waals surface area contributed by atoms with Crippen LogP contribution < -0.4 is 14.8 Å². The summed E-state index contributed by atoms with van der Waals surface area (Å²) in [6.45, 7) is 3.74. The van der Waals surface area contributed by atoms with Gasteiger partial charge in [0.15, 0.2) is 11.5 Å². The van der Waals surface area contributed by atoms with Gasteiger partial charge >= 0.3 is 6.03 Å². The first-order chi connectivity index (χ1) is 11.9. The number of urea groups is 1. The molecule has 2 aliphatic heterocycles. The molecule has 3 heterocycles. The number of hydrogen-bond donors (Lipinski definition) is 1. The molecule has 2 aromatic rings. The maximum absolute atomic E-state index is 12.8. The number of nitrogens with zero attached hydrogens (tertiary/aromatic N) is 2. The van der Waals surface area contributed by atoms with Gasteiger partial charge in [-0.3, -0.25) is 9.69 Å². The molecule has 0 aliphatic carbocycles. The molecular formula is C17H17N3O5. The Balaban J connectivity index is 1.53. The maximum Gasteiger partial charge on any atom is 0.325 e. The van der Waals surface area contributed by atoms with Crippen molar-refractivity contribution in [3.8, 4) is 11.5 Å². The van der Waals surface area contributed by atoms with E-state index in [1.54, 1.807) is 26.0 Å². The molecule has 0 radical (unpaired) electrons. The van der Waals surface area contributed by atoms with Crippen molar-refractivity contribution in [1.82, 2.24) is 15.4 Å². The largest absolute Gasteiger partial charge is 0.454 e. The molecular weight excluding hydrogens is 326 g/mol. The van der Waals surface area contributed by atoms with E-state index in [-0.39, 0.29) is 19.2 Å². The van der Waals surface area contributed by atoms with Crippen LogP contribution >= 0.6 is 0 Å². The predicted octanol–water partition coefficient (Wildman–Crippen LogP) is 1.76. The zero-order chi connectivity index (χ0) is 17.6. The van der Waals surface area contributed by atoms with Crippen LogP contribution in [0, 0.1) is 6.92 Å². The Labute approximate surface area is 143 Å². The highest BCUT2D eigenvalue weighted by Gasteiger charge is 2.48. The first-order valence-electron chi connectivity index (χ1n) is 7.89. The molecule has 1 aromatic carbocycles. The minimum atomic E-state index is -1.02. The van der Waals surface area contributed by atoms with E-state index in [0.717, 1.165) is 10.5 Å². The number of aryl methyl sites for hydroxylation is 1. The molecule has 3 amide bonds. The van der Waals surface area contributed by atoms with Gasteiger partial charge in [-0.1, -0.05) is 11.2 Å². The lowest BCUT2D eigenvalue weighted by Crippen LogP contribution is -2.45. The molecule has 2 aliphatic rings. The Bertz CT molecular complexity index is 862. The SMILES string of the molecule is Cc1cc(CN2C(=O)N[C@@](C)(Cc3ccc4c(c3)OCO4)C2=O)no1. The smallest absolute Gasteiger partial charge is 0.325 e. The van der Waals surface area contributed by atoms with E-state index in [0.29, 0.717) is 29.4 Å². The Hall–Kier alpha value is -3.03. The van der Waals surface area contributed by atoms with Crippen molar-refractivity contribution in [3.05, 3.63) is 41.3 Å². The van der Waals surface area contributed by atoms with Gasteiger partial charge in [-0.2, -0.15) is 0 Å². The van der Waals surface area contributed by atoms with E-state index in [9.17, 15) is 9.59 Å². The van der Waals surface area contributed by atoms with E-state index in [1.807, 2.05) is 12.1 Å². The van der Waals surface area contributed by atoms with Gasteiger partial charge in [0.1, 0.15) is 17.0 Å². The molecule has 8 heteroatoms. The normalized spacial score (nSPS) is 21.8. The number of hydrogen-bond acceptors (Lipinski definition) is 6. The minimum Gasteiger partial charge on any atom is -0.454 e. The fraction of sp³-hybridized carbons (Fsp3) is 0.353. The van der Waals surface area contributed by atoms with Gasteiger partial charge in [-0.15, -0.1) is 0 Å². The summed E-state index contributed by atoms with van der Waals surface area (Å²) in [7, 11) is 0. The lowest BCUT2D eigenvalue weighted by atomic mass is 9.92. The highest BCUT2D eigenvalue weighted by atomic mass is 16.7. The van der Waals surface area contributed by atoms with Crippen LogP contribution in [0.4, 0.5) is 4.79 Å². The fourth-order valence-corrected chi connectivity index (χ4v) is 3.12. The average molecular weight is 343 g/mol. The highest BCUT2D eigenvalue weighted by molar-refractivity contribution is 6.06. The van der Waals surface area contributed by atoms with Crippen molar-refractivity contribution in [2.24, 2.45) is 0 Å². The average Bonchev–Trinajstić information content (AvgIpc) is 3.23. The Morgan fingerprint density at radius 1 is 1.24 bits per heavy atom. The van der Waals surface area contributed by atoms with Crippen molar-refractivity contribution in [3.63, 3.8) is 0 Å². The van der Waals surface area contributed by atoms with Gasteiger partial charge in [0.05, 0.1) is 6.54 Å². The number of nitrogens with one attached hydrogen (secondary N) is 1. The molecule has 0 unspecified atom stereocenters. The van der Waals surface area contributed by atoms with E-state index in [1.165, 1.54) is 0 Å². The summed E-state index contributed by atoms with van der Waals surface area (Å²) in [5, 5.41) is 6.62. The topological polar surface area (TPSA) is 93.9 Å². The Kier molecular flexibility index (Phi) is 3.41. The third-order valence-corrected chi connectivity index (χ3v) is 4.34. The van der Waals surface area contributed by atoms with Crippen LogP contribution in [0.5, 0.6) is 11.5 Å². The molecule has 1 fully saturated rings. The standard InChI is InChI=1S/C17H17N3O5/c1-10-5-12(19-25-10)8-20-15(21)17(2,18-16(20)22)7-11-3-4-13-14(6-11)24-9-23-13/h3-6H,7-9H2,1-2H3,(H,18,22)/t17-/m0/s1. The number of carbonyl (C=O) groups is 2. The summed E-state index contributed by atoms with van der Waals surface area (Å²) >= 11 is 0. The first-order valence-corrected chi connectivity index (χ1v) is 7.89. The third kappa shape index (κ3) is 2.69. The van der Waals surface area contributed by atoms with Crippen LogP contribution in [0.3, 0.4) is 0 Å². The summed E-state index contributed by atoms with van der Waals surface area (Å²) in [4.78, 5) is 26.3. The lowest BCUT2D eigenvalue weighted by Gasteiger charge is -2.21. The number of fused-ring (bicyclic) bond motifs is 1. The molecule has 0 spiro atoms.